The molecule has 66 valence electrons. The Labute approximate surface area is 76.8 Å². The fourth-order valence-corrected chi connectivity index (χ4v) is 1.34. The molecule has 0 atom stereocenters. The van der Waals surface area contributed by atoms with E-state index >= 15 is 0 Å². The molecule has 0 bridgehead atoms. The molecule has 1 heterocycles. The Morgan fingerprint density at radius 2 is 2.31 bits per heavy atom. The van der Waals surface area contributed by atoms with E-state index in [1.165, 1.54) is 11.1 Å². The molecular weight excluding hydrogens is 162 g/mol. The van der Waals surface area contributed by atoms with Crippen LogP contribution in [0.1, 0.15) is 16.8 Å². The Hall–Kier alpha value is -1.64. The summed E-state index contributed by atoms with van der Waals surface area (Å²) in [5.41, 5.74) is 3.53. The minimum atomic E-state index is 0.845. The Kier molecular flexibility index (Phi) is 2.08. The van der Waals surface area contributed by atoms with E-state index in [1.807, 2.05) is 0 Å². The van der Waals surface area contributed by atoms with Crippen molar-refractivity contribution in [2.45, 2.75) is 13.3 Å². The van der Waals surface area contributed by atoms with Crippen molar-refractivity contribution in [3.05, 3.63) is 47.3 Å². The molecule has 13 heavy (non-hydrogen) atoms. The first kappa shape index (κ1) is 7.98. The zero-order valence-corrected chi connectivity index (χ0v) is 7.49. The number of aryl methyl sites for hydroxylation is 1. The second kappa shape index (κ2) is 3.39. The highest BCUT2D eigenvalue weighted by atomic mass is 15.3. The summed E-state index contributed by atoms with van der Waals surface area (Å²) in [7, 11) is 0. The first-order chi connectivity index (χ1) is 6.34. The lowest BCUT2D eigenvalue weighted by Crippen LogP contribution is -1.88. The van der Waals surface area contributed by atoms with Crippen molar-refractivity contribution in [1.29, 1.82) is 0 Å². The molecule has 0 aliphatic rings. The number of nitrogens with zero attached hydrogens (tertiary/aromatic N) is 2. The summed E-state index contributed by atoms with van der Waals surface area (Å²) < 4.78 is 0. The molecule has 1 aromatic heterocycles. The van der Waals surface area contributed by atoms with E-state index in [-0.39, 0.29) is 0 Å². The second-order valence-corrected chi connectivity index (χ2v) is 3.13. The van der Waals surface area contributed by atoms with Crippen molar-refractivity contribution in [2.75, 3.05) is 0 Å². The molecule has 0 aliphatic carbocycles. The van der Waals surface area contributed by atoms with E-state index in [0.717, 1.165) is 12.1 Å². The molecule has 1 N–H and O–H groups in total. The number of hydrogen-bond donors (Lipinski definition) is 1. The van der Waals surface area contributed by atoms with E-state index in [9.17, 15) is 0 Å². The highest BCUT2D eigenvalue weighted by Crippen LogP contribution is 2.07. The first-order valence-electron chi connectivity index (χ1n) is 4.25. The number of rotatable bonds is 2. The third-order valence-corrected chi connectivity index (χ3v) is 1.93. The van der Waals surface area contributed by atoms with Crippen molar-refractivity contribution >= 4 is 0 Å². The molecular formula is C10H11N3. The summed E-state index contributed by atoms with van der Waals surface area (Å²) in [5.74, 6) is 0. The van der Waals surface area contributed by atoms with Gasteiger partial charge in [0.05, 0.1) is 11.9 Å². The van der Waals surface area contributed by atoms with Gasteiger partial charge in [-0.1, -0.05) is 29.8 Å². The summed E-state index contributed by atoms with van der Waals surface area (Å²) in [6.07, 6.45) is 2.60. The first-order valence-corrected chi connectivity index (χ1v) is 4.25. The van der Waals surface area contributed by atoms with Gasteiger partial charge in [-0.25, -0.2) is 0 Å². The van der Waals surface area contributed by atoms with E-state index in [1.54, 1.807) is 6.20 Å². The minimum Gasteiger partial charge on any atom is -0.198 e. The predicted octanol–water partition coefficient (Wildman–Crippen LogP) is 1.70. The number of H-pyrrole nitrogens is 1. The van der Waals surface area contributed by atoms with E-state index in [0.29, 0.717) is 0 Å². The molecule has 3 heteroatoms. The molecule has 0 amide bonds. The van der Waals surface area contributed by atoms with Crippen LogP contribution < -0.4 is 0 Å². The molecule has 0 aliphatic heterocycles. The molecule has 0 fully saturated rings. The van der Waals surface area contributed by atoms with Crippen LogP contribution in [0, 0.1) is 6.92 Å². The normalized spacial score (nSPS) is 10.2. The van der Waals surface area contributed by atoms with E-state index in [2.05, 4.69) is 46.6 Å². The molecule has 0 saturated carbocycles. The van der Waals surface area contributed by atoms with Gasteiger partial charge < -0.3 is 0 Å². The third kappa shape index (κ3) is 1.93. The number of hydrogen-bond acceptors (Lipinski definition) is 2. The Morgan fingerprint density at radius 1 is 1.38 bits per heavy atom. The monoisotopic (exact) mass is 173 g/mol. The summed E-state index contributed by atoms with van der Waals surface area (Å²) in [5, 5.41) is 10.4. The SMILES string of the molecule is Cc1cccc(Cc2cn[nH]n2)c1. The minimum absolute atomic E-state index is 0.845. The summed E-state index contributed by atoms with van der Waals surface area (Å²) in [6.45, 7) is 2.09. The summed E-state index contributed by atoms with van der Waals surface area (Å²) in [6, 6.07) is 8.41. The molecule has 0 unspecified atom stereocenters. The van der Waals surface area contributed by atoms with Gasteiger partial charge in [0.15, 0.2) is 0 Å². The standard InChI is InChI=1S/C10H11N3/c1-8-3-2-4-9(5-8)6-10-7-11-13-12-10/h2-5,7H,6H2,1H3,(H,11,12,13). The summed E-state index contributed by atoms with van der Waals surface area (Å²) in [4.78, 5) is 0. The van der Waals surface area contributed by atoms with Crippen LogP contribution in [-0.2, 0) is 6.42 Å². The van der Waals surface area contributed by atoms with Gasteiger partial charge in [0, 0.05) is 6.42 Å². The van der Waals surface area contributed by atoms with Crippen LogP contribution >= 0.6 is 0 Å². The fraction of sp³-hybridized carbons (Fsp3) is 0.200. The van der Waals surface area contributed by atoms with Crippen molar-refractivity contribution in [3.8, 4) is 0 Å². The summed E-state index contributed by atoms with van der Waals surface area (Å²) >= 11 is 0. The van der Waals surface area contributed by atoms with Crippen molar-refractivity contribution in [3.63, 3.8) is 0 Å². The third-order valence-electron chi connectivity index (χ3n) is 1.93. The molecule has 2 aromatic rings. The van der Waals surface area contributed by atoms with Crippen molar-refractivity contribution in [2.24, 2.45) is 0 Å². The topological polar surface area (TPSA) is 41.6 Å². The molecule has 0 saturated heterocycles. The molecule has 2 rings (SSSR count). The van der Waals surface area contributed by atoms with Gasteiger partial charge in [-0.2, -0.15) is 15.4 Å². The highest BCUT2D eigenvalue weighted by molar-refractivity contribution is 5.25. The van der Waals surface area contributed by atoms with Crippen LogP contribution in [0.2, 0.25) is 0 Å². The van der Waals surface area contributed by atoms with Crippen molar-refractivity contribution in [1.82, 2.24) is 15.4 Å². The lowest BCUT2D eigenvalue weighted by molar-refractivity contribution is 0.915. The van der Waals surface area contributed by atoms with Gasteiger partial charge in [0.2, 0.25) is 0 Å². The van der Waals surface area contributed by atoms with Crippen LogP contribution in [0.3, 0.4) is 0 Å². The van der Waals surface area contributed by atoms with Gasteiger partial charge in [0.1, 0.15) is 0 Å². The maximum absolute atomic E-state index is 4.01. The van der Waals surface area contributed by atoms with Crippen LogP contribution in [0.25, 0.3) is 0 Å². The zero-order valence-electron chi connectivity index (χ0n) is 7.49. The Morgan fingerprint density at radius 3 is 3.00 bits per heavy atom. The number of benzene rings is 1. The van der Waals surface area contributed by atoms with Gasteiger partial charge in [-0.3, -0.25) is 0 Å². The maximum Gasteiger partial charge on any atom is 0.0868 e. The lowest BCUT2D eigenvalue weighted by Gasteiger charge is -1.98. The van der Waals surface area contributed by atoms with Gasteiger partial charge in [0.25, 0.3) is 0 Å². The number of aromatic nitrogens is 3. The molecule has 1 aromatic carbocycles. The van der Waals surface area contributed by atoms with Crippen LogP contribution in [0.4, 0.5) is 0 Å². The molecule has 0 radical (unpaired) electrons. The van der Waals surface area contributed by atoms with Crippen LogP contribution in [-0.4, -0.2) is 15.4 Å². The molecule has 3 nitrogen and oxygen atoms in total. The number of aromatic amines is 1. The second-order valence-electron chi connectivity index (χ2n) is 3.13. The average Bonchev–Trinajstić information content (AvgIpc) is 2.57. The van der Waals surface area contributed by atoms with Gasteiger partial charge in [-0.05, 0) is 12.5 Å². The van der Waals surface area contributed by atoms with E-state index in [4.69, 9.17) is 0 Å². The molecule has 0 spiro atoms. The Bertz CT molecular complexity index is 379. The van der Waals surface area contributed by atoms with Crippen molar-refractivity contribution < 1.29 is 0 Å². The van der Waals surface area contributed by atoms with Crippen LogP contribution in [0.5, 0.6) is 0 Å². The average molecular weight is 173 g/mol. The predicted molar refractivity (Wildman–Crippen MR) is 50.4 cm³/mol. The van der Waals surface area contributed by atoms with Gasteiger partial charge in [-0.15, -0.1) is 0 Å². The quantitative estimate of drug-likeness (QED) is 0.751. The van der Waals surface area contributed by atoms with Gasteiger partial charge >= 0.3 is 0 Å². The highest BCUT2D eigenvalue weighted by Gasteiger charge is 1.98. The Balaban J connectivity index is 2.19. The van der Waals surface area contributed by atoms with Crippen LogP contribution in [0.15, 0.2) is 30.5 Å². The largest absolute Gasteiger partial charge is 0.198 e. The number of nitrogens with one attached hydrogen (secondary N) is 1. The zero-order chi connectivity index (χ0) is 9.10. The lowest BCUT2D eigenvalue weighted by atomic mass is 10.1. The fourth-order valence-electron chi connectivity index (χ4n) is 1.34. The van der Waals surface area contributed by atoms with E-state index < -0.39 is 0 Å². The smallest absolute Gasteiger partial charge is 0.0868 e. The maximum atomic E-state index is 4.01.